The molecule has 5 nitrogen and oxygen atoms in total. The average Bonchev–Trinajstić information content (AvgIpc) is 3.03. The first-order chi connectivity index (χ1) is 10.7. The van der Waals surface area contributed by atoms with E-state index >= 15 is 0 Å². The fourth-order valence-corrected chi connectivity index (χ4v) is 3.28. The molecule has 116 valence electrons. The van der Waals surface area contributed by atoms with Crippen LogP contribution in [0.1, 0.15) is 34.1 Å². The van der Waals surface area contributed by atoms with Gasteiger partial charge in [-0.2, -0.15) is 0 Å². The van der Waals surface area contributed by atoms with Crippen molar-refractivity contribution in [2.45, 2.75) is 25.7 Å². The molecule has 1 aliphatic heterocycles. The zero-order valence-corrected chi connectivity index (χ0v) is 13.3. The van der Waals surface area contributed by atoms with Crippen molar-refractivity contribution in [1.29, 1.82) is 0 Å². The maximum absolute atomic E-state index is 12.6. The van der Waals surface area contributed by atoms with Crippen LogP contribution in [0.15, 0.2) is 35.7 Å². The van der Waals surface area contributed by atoms with Gasteiger partial charge in [-0.25, -0.2) is 4.98 Å². The lowest BCUT2D eigenvalue weighted by molar-refractivity contribution is -0.0692. The van der Waals surface area contributed by atoms with Gasteiger partial charge in [-0.1, -0.05) is 30.3 Å². The molecule has 0 radical (unpaired) electrons. The van der Waals surface area contributed by atoms with E-state index in [4.69, 9.17) is 10.5 Å². The molecule has 0 aliphatic carbocycles. The highest BCUT2D eigenvalue weighted by Gasteiger charge is 2.30. The number of aromatic nitrogens is 1. The summed E-state index contributed by atoms with van der Waals surface area (Å²) < 4.78 is 5.98. The van der Waals surface area contributed by atoms with Gasteiger partial charge < -0.3 is 15.4 Å². The Labute approximate surface area is 133 Å². The Morgan fingerprint density at radius 2 is 2.18 bits per heavy atom. The molecule has 22 heavy (non-hydrogen) atoms. The van der Waals surface area contributed by atoms with Crippen LogP contribution in [0.25, 0.3) is 0 Å². The molecule has 1 saturated heterocycles. The quantitative estimate of drug-likeness (QED) is 0.942. The number of carbonyl (C=O) groups is 1. The molecule has 1 aromatic carbocycles. The first-order valence-electron chi connectivity index (χ1n) is 7.31. The summed E-state index contributed by atoms with van der Waals surface area (Å²) in [6.45, 7) is 3.48. The second-order valence-electron chi connectivity index (χ2n) is 5.39. The lowest BCUT2D eigenvalue weighted by Crippen LogP contribution is -2.46. The third-order valence-electron chi connectivity index (χ3n) is 3.66. The topological polar surface area (TPSA) is 68.5 Å². The van der Waals surface area contributed by atoms with Crippen molar-refractivity contribution in [1.82, 2.24) is 9.88 Å². The second-order valence-corrected chi connectivity index (χ2v) is 6.33. The number of thiazole rings is 1. The molecule has 0 saturated carbocycles. The molecule has 1 aromatic heterocycles. The van der Waals surface area contributed by atoms with Gasteiger partial charge in [0.2, 0.25) is 0 Å². The van der Waals surface area contributed by atoms with E-state index in [1.807, 2.05) is 42.2 Å². The number of nitrogens with zero attached hydrogens (tertiary/aromatic N) is 2. The van der Waals surface area contributed by atoms with Crippen molar-refractivity contribution < 1.29 is 9.53 Å². The van der Waals surface area contributed by atoms with Gasteiger partial charge in [0.25, 0.3) is 5.91 Å². The molecule has 1 amide bonds. The van der Waals surface area contributed by atoms with Crippen LogP contribution >= 0.6 is 11.3 Å². The highest BCUT2D eigenvalue weighted by atomic mass is 32.1. The van der Waals surface area contributed by atoms with Crippen LogP contribution in [0, 0.1) is 0 Å². The summed E-state index contributed by atoms with van der Waals surface area (Å²) in [6.07, 6.45) is -0.1000. The highest BCUT2D eigenvalue weighted by Crippen LogP contribution is 2.26. The average molecular weight is 317 g/mol. The van der Waals surface area contributed by atoms with Crippen molar-refractivity contribution >= 4 is 17.2 Å². The molecule has 2 atom stereocenters. The van der Waals surface area contributed by atoms with Gasteiger partial charge in [-0.05, 0) is 12.5 Å². The SMILES string of the molecule is C[C@H]1CN(C(=O)c2csc(CN)n2)C[C@@H](c2ccccc2)O1. The van der Waals surface area contributed by atoms with Gasteiger partial charge in [-0.15, -0.1) is 11.3 Å². The highest BCUT2D eigenvalue weighted by molar-refractivity contribution is 7.09. The first kappa shape index (κ1) is 15.1. The number of rotatable bonds is 3. The Bertz CT molecular complexity index is 644. The number of nitrogens with two attached hydrogens (primary N) is 1. The van der Waals surface area contributed by atoms with Crippen LogP contribution < -0.4 is 5.73 Å². The third-order valence-corrected chi connectivity index (χ3v) is 4.54. The van der Waals surface area contributed by atoms with E-state index in [9.17, 15) is 4.79 Å². The number of hydrogen-bond donors (Lipinski definition) is 1. The molecule has 1 aliphatic rings. The summed E-state index contributed by atoms with van der Waals surface area (Å²) in [5, 5.41) is 2.56. The Kier molecular flexibility index (Phi) is 4.52. The molecular formula is C16H19N3O2S. The van der Waals surface area contributed by atoms with Gasteiger partial charge in [0.15, 0.2) is 0 Å². The van der Waals surface area contributed by atoms with Crippen LogP contribution in [0.2, 0.25) is 0 Å². The number of carbonyl (C=O) groups excluding carboxylic acids is 1. The van der Waals surface area contributed by atoms with Crippen LogP contribution in [0.3, 0.4) is 0 Å². The number of ether oxygens (including phenoxy) is 1. The van der Waals surface area contributed by atoms with E-state index in [-0.39, 0.29) is 18.1 Å². The molecule has 6 heteroatoms. The van der Waals surface area contributed by atoms with Crippen molar-refractivity contribution in [3.05, 3.63) is 52.0 Å². The fourth-order valence-electron chi connectivity index (χ4n) is 2.63. The predicted octanol–water partition coefficient (Wildman–Crippen LogP) is 2.20. The van der Waals surface area contributed by atoms with Gasteiger partial charge in [0.1, 0.15) is 16.8 Å². The van der Waals surface area contributed by atoms with E-state index in [0.29, 0.717) is 25.3 Å². The zero-order chi connectivity index (χ0) is 15.5. The van der Waals surface area contributed by atoms with Crippen LogP contribution in [-0.4, -0.2) is 35.0 Å². The van der Waals surface area contributed by atoms with Gasteiger partial charge >= 0.3 is 0 Å². The molecule has 1 fully saturated rings. The monoisotopic (exact) mass is 317 g/mol. The summed E-state index contributed by atoms with van der Waals surface area (Å²) in [6, 6.07) is 10.00. The minimum absolute atomic E-state index is 0.00415. The number of morpholine rings is 1. The van der Waals surface area contributed by atoms with Gasteiger partial charge in [-0.3, -0.25) is 4.79 Å². The summed E-state index contributed by atoms with van der Waals surface area (Å²) in [7, 11) is 0. The number of amides is 1. The largest absolute Gasteiger partial charge is 0.367 e. The Morgan fingerprint density at radius 1 is 1.41 bits per heavy atom. The minimum Gasteiger partial charge on any atom is -0.367 e. The lowest BCUT2D eigenvalue weighted by Gasteiger charge is -2.36. The first-order valence-corrected chi connectivity index (χ1v) is 8.19. The molecule has 0 unspecified atom stereocenters. The molecule has 2 aromatic rings. The van der Waals surface area contributed by atoms with Crippen molar-refractivity contribution in [3.63, 3.8) is 0 Å². The standard InChI is InChI=1S/C16H19N3O2S/c1-11-8-19(16(20)13-10-22-15(7-17)18-13)9-14(21-11)12-5-3-2-4-6-12/h2-6,10-11,14H,7-9,17H2,1H3/t11-,14-/m0/s1. The molecule has 3 rings (SSSR count). The fraction of sp³-hybridized carbons (Fsp3) is 0.375. The number of benzene rings is 1. The van der Waals surface area contributed by atoms with Crippen molar-refractivity contribution in [2.75, 3.05) is 13.1 Å². The van der Waals surface area contributed by atoms with Crippen LogP contribution in [-0.2, 0) is 11.3 Å². The molecular weight excluding hydrogens is 298 g/mol. The normalized spacial score (nSPS) is 21.8. The van der Waals surface area contributed by atoms with E-state index in [1.165, 1.54) is 11.3 Å². The number of hydrogen-bond acceptors (Lipinski definition) is 5. The molecule has 0 bridgehead atoms. The second kappa shape index (κ2) is 6.56. The summed E-state index contributed by atoms with van der Waals surface area (Å²) >= 11 is 1.42. The Morgan fingerprint density at radius 3 is 2.86 bits per heavy atom. The van der Waals surface area contributed by atoms with E-state index < -0.39 is 0 Å². The van der Waals surface area contributed by atoms with E-state index in [0.717, 1.165) is 10.6 Å². The van der Waals surface area contributed by atoms with Gasteiger partial charge in [0.05, 0.1) is 12.6 Å². The van der Waals surface area contributed by atoms with Crippen LogP contribution in [0.4, 0.5) is 0 Å². The summed E-state index contributed by atoms with van der Waals surface area (Å²) in [4.78, 5) is 18.7. The summed E-state index contributed by atoms with van der Waals surface area (Å²) in [5.74, 6) is -0.0490. The molecule has 0 spiro atoms. The Balaban J connectivity index is 1.77. The smallest absolute Gasteiger partial charge is 0.273 e. The zero-order valence-electron chi connectivity index (χ0n) is 12.4. The van der Waals surface area contributed by atoms with Gasteiger partial charge in [0, 0.05) is 18.5 Å². The predicted molar refractivity (Wildman–Crippen MR) is 85.6 cm³/mol. The lowest BCUT2D eigenvalue weighted by atomic mass is 10.1. The van der Waals surface area contributed by atoms with Crippen LogP contribution in [0.5, 0.6) is 0 Å². The summed E-state index contributed by atoms with van der Waals surface area (Å²) in [5.41, 5.74) is 7.13. The molecule has 2 N–H and O–H groups in total. The Hall–Kier alpha value is -1.76. The van der Waals surface area contributed by atoms with Crippen molar-refractivity contribution in [2.24, 2.45) is 5.73 Å². The maximum Gasteiger partial charge on any atom is 0.273 e. The third kappa shape index (κ3) is 3.19. The van der Waals surface area contributed by atoms with Crippen molar-refractivity contribution in [3.8, 4) is 0 Å². The molecule has 2 heterocycles. The minimum atomic E-state index is -0.0958. The maximum atomic E-state index is 12.6. The van der Waals surface area contributed by atoms with E-state index in [2.05, 4.69) is 4.98 Å². The van der Waals surface area contributed by atoms with E-state index in [1.54, 1.807) is 5.38 Å².